The van der Waals surface area contributed by atoms with E-state index in [4.69, 9.17) is 10.6 Å². The first-order chi connectivity index (χ1) is 6.83. The summed E-state index contributed by atoms with van der Waals surface area (Å²) in [5, 5.41) is 2.05. The van der Waals surface area contributed by atoms with Crippen LogP contribution in [0.3, 0.4) is 0 Å². The molecule has 1 aromatic rings. The minimum absolute atomic E-state index is 0.117. The molecular formula is C9H13BrN2OS. The number of hydrogen-bond acceptors (Lipinski definition) is 4. The summed E-state index contributed by atoms with van der Waals surface area (Å²) in [7, 11) is 0. The van der Waals surface area contributed by atoms with Crippen LogP contribution in [0.15, 0.2) is 15.9 Å². The molecule has 1 saturated heterocycles. The van der Waals surface area contributed by atoms with Gasteiger partial charge < -0.3 is 4.74 Å². The molecule has 1 aromatic heterocycles. The maximum Gasteiger partial charge on any atom is 0.0826 e. The van der Waals surface area contributed by atoms with Crippen LogP contribution in [0.2, 0.25) is 0 Å². The molecule has 78 valence electrons. The molecule has 0 bridgehead atoms. The van der Waals surface area contributed by atoms with E-state index in [1.807, 2.05) is 6.07 Å². The SMILES string of the molecule is NNC(c1sccc1Br)C1CCCO1. The zero-order valence-electron chi connectivity index (χ0n) is 7.70. The molecule has 1 aliphatic rings. The van der Waals surface area contributed by atoms with Gasteiger partial charge in [-0.3, -0.25) is 5.84 Å². The minimum atomic E-state index is 0.117. The Bertz CT molecular complexity index is 299. The zero-order chi connectivity index (χ0) is 9.97. The highest BCUT2D eigenvalue weighted by atomic mass is 79.9. The zero-order valence-corrected chi connectivity index (χ0v) is 10.1. The van der Waals surface area contributed by atoms with Gasteiger partial charge in [0.05, 0.1) is 12.1 Å². The van der Waals surface area contributed by atoms with Gasteiger partial charge in [0, 0.05) is 16.0 Å². The van der Waals surface area contributed by atoms with Crippen molar-refractivity contribution in [3.63, 3.8) is 0 Å². The van der Waals surface area contributed by atoms with Crippen LogP contribution in [0.4, 0.5) is 0 Å². The van der Waals surface area contributed by atoms with Crippen molar-refractivity contribution in [3.05, 3.63) is 20.8 Å². The number of nitrogens with two attached hydrogens (primary N) is 1. The summed E-state index contributed by atoms with van der Waals surface area (Å²) in [5.41, 5.74) is 2.84. The van der Waals surface area contributed by atoms with Gasteiger partial charge in [-0.2, -0.15) is 0 Å². The molecule has 0 radical (unpaired) electrons. The molecule has 3 nitrogen and oxygen atoms in total. The maximum absolute atomic E-state index is 5.63. The lowest BCUT2D eigenvalue weighted by Gasteiger charge is -2.21. The van der Waals surface area contributed by atoms with Gasteiger partial charge in [0.1, 0.15) is 0 Å². The third-order valence-corrected chi connectivity index (χ3v) is 4.40. The average molecular weight is 277 g/mol. The maximum atomic E-state index is 5.63. The third kappa shape index (κ3) is 2.01. The van der Waals surface area contributed by atoms with E-state index >= 15 is 0 Å². The number of nitrogens with one attached hydrogen (secondary N) is 1. The molecule has 3 N–H and O–H groups in total. The number of hydrogen-bond donors (Lipinski definition) is 2. The van der Waals surface area contributed by atoms with E-state index in [1.54, 1.807) is 11.3 Å². The van der Waals surface area contributed by atoms with Crippen LogP contribution >= 0.6 is 27.3 Å². The van der Waals surface area contributed by atoms with Crippen molar-refractivity contribution in [2.45, 2.75) is 25.0 Å². The highest BCUT2D eigenvalue weighted by molar-refractivity contribution is 9.10. The lowest BCUT2D eigenvalue weighted by molar-refractivity contribution is 0.0792. The molecule has 14 heavy (non-hydrogen) atoms. The summed E-state index contributed by atoms with van der Waals surface area (Å²) in [6.45, 7) is 0.853. The molecule has 0 saturated carbocycles. The molecule has 2 atom stereocenters. The van der Waals surface area contributed by atoms with Gasteiger partial charge in [-0.15, -0.1) is 11.3 Å². The first-order valence-corrected chi connectivity index (χ1v) is 6.31. The minimum Gasteiger partial charge on any atom is -0.376 e. The lowest BCUT2D eigenvalue weighted by atomic mass is 10.1. The summed E-state index contributed by atoms with van der Waals surface area (Å²) >= 11 is 5.21. The average Bonchev–Trinajstić information content (AvgIpc) is 2.80. The van der Waals surface area contributed by atoms with Crippen molar-refractivity contribution >= 4 is 27.3 Å². The molecule has 1 fully saturated rings. The van der Waals surface area contributed by atoms with Gasteiger partial charge in [0.25, 0.3) is 0 Å². The lowest BCUT2D eigenvalue weighted by Crippen LogP contribution is -2.35. The van der Waals surface area contributed by atoms with Crippen LogP contribution in [-0.4, -0.2) is 12.7 Å². The standard InChI is InChI=1S/C9H13BrN2OS/c10-6-3-5-14-9(6)8(12-11)7-2-1-4-13-7/h3,5,7-8,12H,1-2,4,11H2. The fourth-order valence-electron chi connectivity index (χ4n) is 1.74. The Labute approximate surface area is 95.7 Å². The van der Waals surface area contributed by atoms with Crippen LogP contribution in [0.25, 0.3) is 0 Å². The van der Waals surface area contributed by atoms with E-state index in [0.717, 1.165) is 23.9 Å². The Balaban J connectivity index is 2.16. The van der Waals surface area contributed by atoms with E-state index in [9.17, 15) is 0 Å². The van der Waals surface area contributed by atoms with Gasteiger partial charge in [0.15, 0.2) is 0 Å². The predicted octanol–water partition coefficient (Wildman–Crippen LogP) is 2.19. The number of ether oxygens (including phenoxy) is 1. The molecule has 0 aromatic carbocycles. The second-order valence-corrected chi connectivity index (χ2v) is 5.13. The third-order valence-electron chi connectivity index (χ3n) is 2.44. The number of halogens is 1. The van der Waals surface area contributed by atoms with E-state index in [2.05, 4.69) is 26.7 Å². The first-order valence-electron chi connectivity index (χ1n) is 4.63. The Morgan fingerprint density at radius 3 is 3.07 bits per heavy atom. The second-order valence-electron chi connectivity index (χ2n) is 3.33. The van der Waals surface area contributed by atoms with Crippen LogP contribution < -0.4 is 11.3 Å². The Kier molecular flexibility index (Phi) is 3.57. The van der Waals surface area contributed by atoms with Crippen LogP contribution in [-0.2, 0) is 4.74 Å². The van der Waals surface area contributed by atoms with Crippen molar-refractivity contribution < 1.29 is 4.74 Å². The van der Waals surface area contributed by atoms with Gasteiger partial charge >= 0.3 is 0 Å². The Hall–Kier alpha value is 0.0600. The molecule has 2 rings (SSSR count). The van der Waals surface area contributed by atoms with Crippen molar-refractivity contribution in [2.75, 3.05) is 6.61 Å². The summed E-state index contributed by atoms with van der Waals surface area (Å²) in [6, 6.07) is 2.16. The Morgan fingerprint density at radius 2 is 2.57 bits per heavy atom. The summed E-state index contributed by atoms with van der Waals surface area (Å²) < 4.78 is 6.74. The smallest absolute Gasteiger partial charge is 0.0826 e. The summed E-state index contributed by atoms with van der Waals surface area (Å²) in [5.74, 6) is 5.57. The van der Waals surface area contributed by atoms with Gasteiger partial charge in [0.2, 0.25) is 0 Å². The molecule has 1 aliphatic heterocycles. The summed E-state index contributed by atoms with van der Waals surface area (Å²) in [4.78, 5) is 1.22. The normalized spacial score (nSPS) is 24.0. The molecule has 2 heterocycles. The highest BCUT2D eigenvalue weighted by Gasteiger charge is 2.28. The fourth-order valence-corrected chi connectivity index (χ4v) is 3.48. The van der Waals surface area contributed by atoms with Crippen molar-refractivity contribution in [1.82, 2.24) is 5.43 Å². The molecular weight excluding hydrogens is 264 g/mol. The second kappa shape index (κ2) is 4.72. The topological polar surface area (TPSA) is 47.3 Å². The van der Waals surface area contributed by atoms with E-state index in [1.165, 1.54) is 4.88 Å². The van der Waals surface area contributed by atoms with E-state index < -0.39 is 0 Å². The van der Waals surface area contributed by atoms with E-state index in [-0.39, 0.29) is 12.1 Å². The number of hydrazine groups is 1. The molecule has 0 aliphatic carbocycles. The molecule has 0 spiro atoms. The Morgan fingerprint density at radius 1 is 1.71 bits per heavy atom. The molecule has 2 unspecified atom stereocenters. The summed E-state index contributed by atoms with van der Waals surface area (Å²) in [6.07, 6.45) is 2.43. The largest absolute Gasteiger partial charge is 0.376 e. The predicted molar refractivity (Wildman–Crippen MR) is 61.1 cm³/mol. The van der Waals surface area contributed by atoms with Crippen LogP contribution in [0.5, 0.6) is 0 Å². The van der Waals surface area contributed by atoms with Crippen molar-refractivity contribution in [1.29, 1.82) is 0 Å². The van der Waals surface area contributed by atoms with Crippen LogP contribution in [0.1, 0.15) is 23.8 Å². The molecule has 0 amide bonds. The van der Waals surface area contributed by atoms with Gasteiger partial charge in [-0.1, -0.05) is 0 Å². The fraction of sp³-hybridized carbons (Fsp3) is 0.556. The number of thiophene rings is 1. The quantitative estimate of drug-likeness (QED) is 0.657. The van der Waals surface area contributed by atoms with Gasteiger partial charge in [-0.05, 0) is 40.2 Å². The van der Waals surface area contributed by atoms with E-state index in [0.29, 0.717) is 0 Å². The van der Waals surface area contributed by atoms with Crippen molar-refractivity contribution in [3.8, 4) is 0 Å². The van der Waals surface area contributed by atoms with Crippen molar-refractivity contribution in [2.24, 2.45) is 5.84 Å². The van der Waals surface area contributed by atoms with Gasteiger partial charge in [-0.25, -0.2) is 5.43 Å². The highest BCUT2D eigenvalue weighted by Crippen LogP contribution is 2.34. The van der Waals surface area contributed by atoms with Crippen LogP contribution in [0, 0.1) is 0 Å². The monoisotopic (exact) mass is 276 g/mol. The molecule has 5 heteroatoms. The number of rotatable bonds is 3. The first kappa shape index (κ1) is 10.6.